The molecule has 0 bridgehead atoms. The third-order valence-electron chi connectivity index (χ3n) is 1.43. The van der Waals surface area contributed by atoms with Crippen LogP contribution in [0.25, 0.3) is 0 Å². The summed E-state index contributed by atoms with van der Waals surface area (Å²) in [6.07, 6.45) is 5.57. The molecule has 1 rings (SSSR count). The first-order valence-corrected chi connectivity index (χ1v) is 4.53. The molecule has 0 spiro atoms. The lowest BCUT2D eigenvalue weighted by Gasteiger charge is -2.03. The van der Waals surface area contributed by atoms with Crippen molar-refractivity contribution in [2.24, 2.45) is 0 Å². The van der Waals surface area contributed by atoms with Crippen LogP contribution >= 0.6 is 15.9 Å². The number of rotatable bonds is 2. The van der Waals surface area contributed by atoms with Gasteiger partial charge in [-0.1, -0.05) is 6.08 Å². The molecule has 1 aromatic rings. The molecule has 3 heteroatoms. The van der Waals surface area contributed by atoms with Crippen LogP contribution in [-0.2, 0) is 0 Å². The summed E-state index contributed by atoms with van der Waals surface area (Å²) >= 11 is 3.36. The Bertz CT molecular complexity index is 295. The third-order valence-corrected chi connectivity index (χ3v) is 1.87. The van der Waals surface area contributed by atoms with Crippen molar-refractivity contribution in [3.63, 3.8) is 0 Å². The molecule has 0 saturated carbocycles. The van der Waals surface area contributed by atoms with E-state index in [-0.39, 0.29) is 0 Å². The minimum atomic E-state index is 0.899. The zero-order valence-electron chi connectivity index (χ0n) is 7.13. The van der Waals surface area contributed by atoms with Gasteiger partial charge in [-0.25, -0.2) is 4.98 Å². The van der Waals surface area contributed by atoms with Crippen molar-refractivity contribution in [3.05, 3.63) is 34.6 Å². The Labute approximate surface area is 80.8 Å². The van der Waals surface area contributed by atoms with E-state index in [0.29, 0.717) is 0 Å². The lowest BCUT2D eigenvalue weighted by Crippen LogP contribution is -1.93. The maximum absolute atomic E-state index is 4.21. The molecule has 64 valence electrons. The molecule has 0 aliphatic rings. The van der Waals surface area contributed by atoms with Crippen molar-refractivity contribution in [1.29, 1.82) is 0 Å². The molecule has 0 fully saturated rings. The minimum absolute atomic E-state index is 0.899. The number of nitrogens with zero attached hydrogens (tertiary/aromatic N) is 1. The van der Waals surface area contributed by atoms with E-state index in [9.17, 15) is 0 Å². The SMILES string of the molecule is C/C=C/Nc1ncc(Br)cc1C. The first-order valence-electron chi connectivity index (χ1n) is 3.74. The van der Waals surface area contributed by atoms with Crippen molar-refractivity contribution in [2.75, 3.05) is 5.32 Å². The molecule has 0 atom stereocenters. The average molecular weight is 227 g/mol. The van der Waals surface area contributed by atoms with Crippen molar-refractivity contribution in [1.82, 2.24) is 4.98 Å². The van der Waals surface area contributed by atoms with Gasteiger partial charge >= 0.3 is 0 Å². The van der Waals surface area contributed by atoms with Crippen LogP contribution in [0.15, 0.2) is 29.0 Å². The van der Waals surface area contributed by atoms with Gasteiger partial charge in [0.1, 0.15) is 5.82 Å². The molecular weight excluding hydrogens is 216 g/mol. The summed E-state index contributed by atoms with van der Waals surface area (Å²) in [5.41, 5.74) is 1.13. The predicted molar refractivity (Wildman–Crippen MR) is 55.1 cm³/mol. The Morgan fingerprint density at radius 3 is 2.92 bits per heavy atom. The second kappa shape index (κ2) is 4.26. The molecule has 0 aliphatic heterocycles. The second-order valence-electron chi connectivity index (χ2n) is 2.46. The molecule has 0 aliphatic carbocycles. The lowest BCUT2D eigenvalue weighted by atomic mass is 10.3. The van der Waals surface area contributed by atoms with Crippen LogP contribution in [0.2, 0.25) is 0 Å². The number of anilines is 1. The van der Waals surface area contributed by atoms with Crippen LogP contribution in [0.1, 0.15) is 12.5 Å². The standard InChI is InChI=1S/C9H11BrN2/c1-3-4-11-9-7(2)5-8(10)6-12-9/h3-6H,1-2H3,(H,11,12)/b4-3+. The predicted octanol–water partition coefficient (Wildman–Crippen LogP) is 3.10. The maximum Gasteiger partial charge on any atom is 0.132 e. The van der Waals surface area contributed by atoms with Crippen LogP contribution in [0, 0.1) is 6.92 Å². The van der Waals surface area contributed by atoms with Gasteiger partial charge in [-0.15, -0.1) is 0 Å². The normalized spacial score (nSPS) is 10.6. The maximum atomic E-state index is 4.21. The summed E-state index contributed by atoms with van der Waals surface area (Å²) < 4.78 is 1.01. The first-order chi connectivity index (χ1) is 5.74. The van der Waals surface area contributed by atoms with Crippen LogP contribution in [0.5, 0.6) is 0 Å². The van der Waals surface area contributed by atoms with Crippen LogP contribution in [0.4, 0.5) is 5.82 Å². The Kier molecular flexibility index (Phi) is 3.29. The number of pyridine rings is 1. The second-order valence-corrected chi connectivity index (χ2v) is 3.38. The van der Waals surface area contributed by atoms with E-state index in [1.165, 1.54) is 0 Å². The Morgan fingerprint density at radius 1 is 1.58 bits per heavy atom. The zero-order chi connectivity index (χ0) is 8.97. The molecule has 0 radical (unpaired) electrons. The van der Waals surface area contributed by atoms with E-state index in [0.717, 1.165) is 15.9 Å². The monoisotopic (exact) mass is 226 g/mol. The fourth-order valence-electron chi connectivity index (χ4n) is 0.854. The van der Waals surface area contributed by atoms with Gasteiger partial charge < -0.3 is 5.32 Å². The number of halogens is 1. The molecule has 0 unspecified atom stereocenters. The van der Waals surface area contributed by atoms with Gasteiger partial charge in [0.25, 0.3) is 0 Å². The molecule has 0 aromatic carbocycles. The topological polar surface area (TPSA) is 24.9 Å². The highest BCUT2D eigenvalue weighted by Crippen LogP contribution is 2.16. The van der Waals surface area contributed by atoms with E-state index in [1.807, 2.05) is 32.2 Å². The highest BCUT2D eigenvalue weighted by Gasteiger charge is 1.96. The highest BCUT2D eigenvalue weighted by atomic mass is 79.9. The van der Waals surface area contributed by atoms with Crippen molar-refractivity contribution in [3.8, 4) is 0 Å². The van der Waals surface area contributed by atoms with Crippen molar-refractivity contribution in [2.45, 2.75) is 13.8 Å². The molecule has 1 heterocycles. The number of aryl methyl sites for hydroxylation is 1. The smallest absolute Gasteiger partial charge is 0.132 e. The number of allylic oxidation sites excluding steroid dienone is 1. The lowest BCUT2D eigenvalue weighted by molar-refractivity contribution is 1.24. The van der Waals surface area contributed by atoms with Gasteiger partial charge in [0.2, 0.25) is 0 Å². The quantitative estimate of drug-likeness (QED) is 0.839. The number of hydrogen-bond donors (Lipinski definition) is 1. The minimum Gasteiger partial charge on any atom is -0.347 e. The van der Waals surface area contributed by atoms with Crippen LogP contribution in [0.3, 0.4) is 0 Å². The summed E-state index contributed by atoms with van der Waals surface area (Å²) in [6.45, 7) is 3.98. The van der Waals surface area contributed by atoms with E-state index < -0.39 is 0 Å². The van der Waals surface area contributed by atoms with Crippen molar-refractivity contribution >= 4 is 21.7 Å². The Morgan fingerprint density at radius 2 is 2.33 bits per heavy atom. The molecule has 0 amide bonds. The molecular formula is C9H11BrN2. The van der Waals surface area contributed by atoms with Gasteiger partial charge in [-0.2, -0.15) is 0 Å². The fourth-order valence-corrected chi connectivity index (χ4v) is 1.30. The average Bonchev–Trinajstić information content (AvgIpc) is 2.03. The highest BCUT2D eigenvalue weighted by molar-refractivity contribution is 9.10. The number of aromatic nitrogens is 1. The van der Waals surface area contributed by atoms with Gasteiger partial charge in [0, 0.05) is 10.7 Å². The Balaban J connectivity index is 2.86. The molecule has 1 aromatic heterocycles. The van der Waals surface area contributed by atoms with E-state index >= 15 is 0 Å². The summed E-state index contributed by atoms with van der Waals surface area (Å²) in [4.78, 5) is 4.21. The number of nitrogens with one attached hydrogen (secondary N) is 1. The van der Waals surface area contributed by atoms with Crippen molar-refractivity contribution < 1.29 is 0 Å². The molecule has 0 saturated heterocycles. The van der Waals surface area contributed by atoms with Crippen LogP contribution in [-0.4, -0.2) is 4.98 Å². The molecule has 2 nitrogen and oxygen atoms in total. The van der Waals surface area contributed by atoms with E-state index in [1.54, 1.807) is 6.20 Å². The van der Waals surface area contributed by atoms with Crippen LogP contribution < -0.4 is 5.32 Å². The summed E-state index contributed by atoms with van der Waals surface area (Å²) in [5.74, 6) is 0.899. The first kappa shape index (κ1) is 9.26. The zero-order valence-corrected chi connectivity index (χ0v) is 8.72. The fraction of sp³-hybridized carbons (Fsp3) is 0.222. The summed E-state index contributed by atoms with van der Waals surface area (Å²) in [6, 6.07) is 2.03. The number of hydrogen-bond acceptors (Lipinski definition) is 2. The molecule has 1 N–H and O–H groups in total. The van der Waals surface area contributed by atoms with Gasteiger partial charge in [-0.05, 0) is 47.6 Å². The van der Waals surface area contributed by atoms with E-state index in [4.69, 9.17) is 0 Å². The van der Waals surface area contributed by atoms with Gasteiger partial charge in [-0.3, -0.25) is 0 Å². The third kappa shape index (κ3) is 2.34. The van der Waals surface area contributed by atoms with E-state index in [2.05, 4.69) is 26.2 Å². The van der Waals surface area contributed by atoms with Gasteiger partial charge in [0.15, 0.2) is 0 Å². The van der Waals surface area contributed by atoms with Gasteiger partial charge in [0.05, 0.1) is 0 Å². The summed E-state index contributed by atoms with van der Waals surface area (Å²) in [5, 5.41) is 3.08. The molecule has 12 heavy (non-hydrogen) atoms. The largest absolute Gasteiger partial charge is 0.347 e. The Hall–Kier alpha value is -0.830. The summed E-state index contributed by atoms with van der Waals surface area (Å²) in [7, 11) is 0.